The Labute approximate surface area is 200 Å². The highest BCUT2D eigenvalue weighted by Crippen LogP contribution is 2.34. The van der Waals surface area contributed by atoms with Crippen molar-refractivity contribution < 1.29 is 28.2 Å². The van der Waals surface area contributed by atoms with Crippen molar-refractivity contribution in [1.29, 1.82) is 5.26 Å². The van der Waals surface area contributed by atoms with Gasteiger partial charge in [0.25, 0.3) is 5.91 Å². The Morgan fingerprint density at radius 1 is 1.18 bits per heavy atom. The fourth-order valence-electron chi connectivity index (χ4n) is 3.47. The van der Waals surface area contributed by atoms with Gasteiger partial charge in [0.1, 0.15) is 22.9 Å². The first-order valence-electron chi connectivity index (χ1n) is 10.9. The number of nitrogens with one attached hydrogen (secondary N) is 2. The van der Waals surface area contributed by atoms with Crippen LogP contribution in [0.15, 0.2) is 36.4 Å². The maximum Gasteiger partial charge on any atom is 0.410 e. The van der Waals surface area contributed by atoms with Gasteiger partial charge in [0, 0.05) is 6.42 Å². The lowest BCUT2D eigenvalue weighted by molar-refractivity contribution is 0.0621. The van der Waals surface area contributed by atoms with Crippen LogP contribution in [0.1, 0.15) is 41.6 Å². The molecule has 2 heterocycles. The summed E-state index contributed by atoms with van der Waals surface area (Å²) in [5.74, 6) is -0.555. The molecule has 178 valence electrons. The third-order valence-electron chi connectivity index (χ3n) is 5.50. The number of carbonyl (C=O) groups is 2. The first-order valence-corrected chi connectivity index (χ1v) is 11.3. The Bertz CT molecular complexity index is 1130. The summed E-state index contributed by atoms with van der Waals surface area (Å²) in [4.78, 5) is 25.5. The largest absolute Gasteiger partial charge is 0.493 e. The van der Waals surface area contributed by atoms with Crippen LogP contribution in [0.25, 0.3) is 0 Å². The summed E-state index contributed by atoms with van der Waals surface area (Å²) >= 11 is 6.34. The van der Waals surface area contributed by atoms with E-state index < -0.39 is 29.6 Å². The Morgan fingerprint density at radius 3 is 2.56 bits per heavy atom. The Kier molecular flexibility index (Phi) is 7.08. The molecule has 10 heteroatoms. The molecule has 0 unspecified atom stereocenters. The van der Waals surface area contributed by atoms with Crippen molar-refractivity contribution in [2.45, 2.75) is 43.9 Å². The predicted octanol–water partition coefficient (Wildman–Crippen LogP) is 4.11. The number of benzene rings is 2. The van der Waals surface area contributed by atoms with Gasteiger partial charge in [-0.05, 0) is 61.6 Å². The van der Waals surface area contributed by atoms with Gasteiger partial charge in [0.05, 0.1) is 29.9 Å². The SMILES string of the molecule is N#CC1(NC(=O)O[C@H]2Cc3ccc(c(Cl)c3)OCCCCOc3ccc(F)cc3C(=O)N2)CC1. The molecule has 34 heavy (non-hydrogen) atoms. The number of fused-ring (bicyclic) bond motifs is 10. The van der Waals surface area contributed by atoms with Crippen LogP contribution in [-0.2, 0) is 11.2 Å². The molecule has 0 radical (unpaired) electrons. The highest BCUT2D eigenvalue weighted by atomic mass is 35.5. The third kappa shape index (κ3) is 5.88. The molecule has 2 bridgehead atoms. The quantitative estimate of drug-likeness (QED) is 0.659. The van der Waals surface area contributed by atoms with E-state index in [2.05, 4.69) is 10.6 Å². The molecular weight excluding hydrogens is 465 g/mol. The molecule has 2 aliphatic heterocycles. The highest BCUT2D eigenvalue weighted by molar-refractivity contribution is 6.32. The van der Waals surface area contributed by atoms with Crippen LogP contribution in [-0.4, -0.2) is 37.0 Å². The highest BCUT2D eigenvalue weighted by Gasteiger charge is 2.45. The summed E-state index contributed by atoms with van der Waals surface area (Å²) in [6.07, 6.45) is 0.475. The van der Waals surface area contributed by atoms with Gasteiger partial charge in [-0.1, -0.05) is 17.7 Å². The lowest BCUT2D eigenvalue weighted by Crippen LogP contribution is -2.45. The Morgan fingerprint density at radius 2 is 1.88 bits per heavy atom. The molecule has 2 aromatic carbocycles. The van der Waals surface area contributed by atoms with Gasteiger partial charge in [-0.25, -0.2) is 9.18 Å². The molecule has 0 saturated heterocycles. The topological polar surface area (TPSA) is 110 Å². The van der Waals surface area contributed by atoms with Crippen LogP contribution in [0.2, 0.25) is 5.02 Å². The minimum Gasteiger partial charge on any atom is -0.493 e. The van der Waals surface area contributed by atoms with Crippen molar-refractivity contribution in [3.8, 4) is 17.6 Å². The van der Waals surface area contributed by atoms with E-state index in [0.29, 0.717) is 55.2 Å². The van der Waals surface area contributed by atoms with E-state index >= 15 is 0 Å². The lowest BCUT2D eigenvalue weighted by Gasteiger charge is -2.22. The number of hydrogen-bond acceptors (Lipinski definition) is 6. The van der Waals surface area contributed by atoms with Gasteiger partial charge < -0.3 is 24.8 Å². The molecule has 1 saturated carbocycles. The summed E-state index contributed by atoms with van der Waals surface area (Å²) in [6, 6.07) is 10.8. The molecule has 1 atom stereocenters. The smallest absolute Gasteiger partial charge is 0.410 e. The minimum absolute atomic E-state index is 0.0265. The number of alkyl carbamates (subject to hydrolysis) is 1. The molecule has 3 aliphatic rings. The second kappa shape index (κ2) is 10.2. The zero-order chi connectivity index (χ0) is 24.1. The number of hydrogen-bond donors (Lipinski definition) is 2. The molecular formula is C24H23ClFN3O5. The van der Waals surface area contributed by atoms with Crippen molar-refractivity contribution >= 4 is 23.6 Å². The summed E-state index contributed by atoms with van der Waals surface area (Å²) in [5.41, 5.74) is -0.299. The zero-order valence-electron chi connectivity index (χ0n) is 18.2. The number of ether oxygens (including phenoxy) is 3. The number of nitriles is 1. The minimum atomic E-state index is -1.13. The number of nitrogens with zero attached hydrogens (tertiary/aromatic N) is 1. The van der Waals surface area contributed by atoms with Crippen molar-refractivity contribution in [3.05, 3.63) is 58.4 Å². The van der Waals surface area contributed by atoms with Crippen molar-refractivity contribution in [3.63, 3.8) is 0 Å². The second-order valence-electron chi connectivity index (χ2n) is 8.20. The van der Waals surface area contributed by atoms with Crippen LogP contribution in [0.4, 0.5) is 9.18 Å². The average molecular weight is 488 g/mol. The molecule has 1 aliphatic carbocycles. The van der Waals surface area contributed by atoms with Gasteiger partial charge in [-0.3, -0.25) is 4.79 Å². The van der Waals surface area contributed by atoms with E-state index in [-0.39, 0.29) is 17.7 Å². The van der Waals surface area contributed by atoms with Crippen LogP contribution in [0.5, 0.6) is 11.5 Å². The van der Waals surface area contributed by atoms with E-state index in [1.165, 1.54) is 12.1 Å². The first kappa shape index (κ1) is 23.6. The Balaban J connectivity index is 1.60. The molecule has 2 aromatic rings. The summed E-state index contributed by atoms with van der Waals surface area (Å²) in [7, 11) is 0. The van der Waals surface area contributed by atoms with Crippen LogP contribution in [0.3, 0.4) is 0 Å². The molecule has 1 fully saturated rings. The molecule has 0 spiro atoms. The zero-order valence-corrected chi connectivity index (χ0v) is 19.0. The van der Waals surface area contributed by atoms with Gasteiger partial charge in [0.15, 0.2) is 6.23 Å². The fourth-order valence-corrected chi connectivity index (χ4v) is 3.72. The maximum atomic E-state index is 13.9. The van der Waals surface area contributed by atoms with Crippen molar-refractivity contribution in [2.24, 2.45) is 0 Å². The fraction of sp³-hybridized carbons (Fsp3) is 0.375. The summed E-state index contributed by atoms with van der Waals surface area (Å²) < 4.78 is 30.8. The molecule has 5 rings (SSSR count). The monoisotopic (exact) mass is 487 g/mol. The normalized spacial score (nSPS) is 19.4. The van der Waals surface area contributed by atoms with E-state index in [1.807, 2.05) is 6.07 Å². The van der Waals surface area contributed by atoms with Crippen LogP contribution in [0, 0.1) is 17.1 Å². The summed E-state index contributed by atoms with van der Waals surface area (Å²) in [5, 5.41) is 14.7. The molecule has 8 nitrogen and oxygen atoms in total. The lowest BCUT2D eigenvalue weighted by atomic mass is 10.1. The van der Waals surface area contributed by atoms with Crippen molar-refractivity contribution in [2.75, 3.05) is 13.2 Å². The predicted molar refractivity (Wildman–Crippen MR) is 120 cm³/mol. The van der Waals surface area contributed by atoms with Crippen LogP contribution < -0.4 is 20.1 Å². The maximum absolute atomic E-state index is 13.9. The third-order valence-corrected chi connectivity index (χ3v) is 5.80. The number of rotatable bonds is 2. The van der Waals surface area contributed by atoms with Gasteiger partial charge in [0.2, 0.25) is 0 Å². The van der Waals surface area contributed by atoms with E-state index in [4.69, 9.17) is 25.8 Å². The van der Waals surface area contributed by atoms with Crippen LogP contribution >= 0.6 is 11.6 Å². The average Bonchev–Trinajstić information content (AvgIpc) is 3.57. The van der Waals surface area contributed by atoms with Gasteiger partial charge in [-0.15, -0.1) is 0 Å². The van der Waals surface area contributed by atoms with Crippen molar-refractivity contribution in [1.82, 2.24) is 10.6 Å². The number of carbonyl (C=O) groups excluding carboxylic acids is 2. The standard InChI is InChI=1S/C24H23ClFN3O5/c25-18-11-15-3-5-20(18)33-10-2-1-9-32-19-6-4-16(26)13-17(19)22(30)28-21(12-15)34-23(31)29-24(14-27)7-8-24/h3-6,11,13,21H,1-2,7-10,12H2,(H,28,30)(H,29,31)/t21-/m0/s1. The summed E-state index contributed by atoms with van der Waals surface area (Å²) in [6.45, 7) is 0.715. The van der Waals surface area contributed by atoms with Gasteiger partial charge in [-0.2, -0.15) is 5.26 Å². The molecule has 2 N–H and O–H groups in total. The van der Waals surface area contributed by atoms with E-state index in [1.54, 1.807) is 18.2 Å². The number of amides is 2. The van der Waals surface area contributed by atoms with E-state index in [0.717, 1.165) is 6.07 Å². The van der Waals surface area contributed by atoms with E-state index in [9.17, 15) is 19.2 Å². The first-order chi connectivity index (χ1) is 16.4. The molecule has 2 amide bonds. The van der Waals surface area contributed by atoms with Gasteiger partial charge >= 0.3 is 6.09 Å². The molecule has 0 aromatic heterocycles. The second-order valence-corrected chi connectivity index (χ2v) is 8.61. The Hall–Kier alpha value is -3.51. The number of halogens is 2.